The summed E-state index contributed by atoms with van der Waals surface area (Å²) in [5.41, 5.74) is 0.923. The van der Waals surface area contributed by atoms with Crippen LogP contribution in [0, 0.1) is 0 Å². The lowest BCUT2D eigenvalue weighted by atomic mass is 10.1. The van der Waals surface area contributed by atoms with E-state index in [1.165, 1.54) is 0 Å². The molecule has 0 radical (unpaired) electrons. The van der Waals surface area contributed by atoms with E-state index in [4.69, 9.17) is 27.9 Å². The third-order valence-corrected chi connectivity index (χ3v) is 3.09. The number of rotatable bonds is 4. The highest BCUT2D eigenvalue weighted by molar-refractivity contribution is 6.35. The Morgan fingerprint density at radius 2 is 2.24 bits per heavy atom. The van der Waals surface area contributed by atoms with Gasteiger partial charge in [-0.1, -0.05) is 29.3 Å². The quantitative estimate of drug-likeness (QED) is 0.849. The zero-order valence-electron chi connectivity index (χ0n) is 9.31. The third kappa shape index (κ3) is 3.00. The summed E-state index contributed by atoms with van der Waals surface area (Å²) < 4.78 is 7.40. The van der Waals surface area contributed by atoms with Crippen molar-refractivity contribution in [3.8, 4) is 0 Å². The number of nitrogens with zero attached hydrogens (tertiary/aromatic N) is 2. The second-order valence-electron chi connectivity index (χ2n) is 3.65. The molecule has 0 saturated heterocycles. The van der Waals surface area contributed by atoms with Crippen LogP contribution in [0.15, 0.2) is 36.9 Å². The molecule has 2 rings (SSSR count). The van der Waals surface area contributed by atoms with Crippen LogP contribution in [0.4, 0.5) is 0 Å². The average Bonchev–Trinajstić information content (AvgIpc) is 2.79. The van der Waals surface area contributed by atoms with Gasteiger partial charge in [-0.05, 0) is 12.1 Å². The molecule has 5 heteroatoms. The first-order chi connectivity index (χ1) is 8.20. The topological polar surface area (TPSA) is 27.1 Å². The van der Waals surface area contributed by atoms with Crippen LogP contribution in [0.2, 0.25) is 10.0 Å². The molecule has 0 aliphatic heterocycles. The van der Waals surface area contributed by atoms with E-state index in [2.05, 4.69) is 4.98 Å². The maximum absolute atomic E-state index is 6.15. The van der Waals surface area contributed by atoms with E-state index < -0.39 is 0 Å². The third-order valence-electron chi connectivity index (χ3n) is 2.53. The monoisotopic (exact) mass is 270 g/mol. The molecule has 0 fully saturated rings. The van der Waals surface area contributed by atoms with E-state index in [0.29, 0.717) is 16.6 Å². The molecule has 90 valence electrons. The lowest BCUT2D eigenvalue weighted by molar-refractivity contribution is 0.0879. The van der Waals surface area contributed by atoms with Crippen LogP contribution in [0.3, 0.4) is 0 Å². The molecule has 0 saturated carbocycles. The predicted molar refractivity (Wildman–Crippen MR) is 68.4 cm³/mol. The van der Waals surface area contributed by atoms with Gasteiger partial charge in [0.05, 0.1) is 12.9 Å². The number of hydrogen-bond donors (Lipinski definition) is 0. The van der Waals surface area contributed by atoms with E-state index in [1.807, 2.05) is 22.9 Å². The van der Waals surface area contributed by atoms with Gasteiger partial charge in [0, 0.05) is 35.1 Å². The first-order valence-electron chi connectivity index (χ1n) is 5.14. The van der Waals surface area contributed by atoms with Crippen molar-refractivity contribution in [2.24, 2.45) is 0 Å². The summed E-state index contributed by atoms with van der Waals surface area (Å²) in [5, 5.41) is 1.24. The van der Waals surface area contributed by atoms with Crippen molar-refractivity contribution < 1.29 is 4.74 Å². The number of imidazole rings is 1. The summed E-state index contributed by atoms with van der Waals surface area (Å²) in [7, 11) is 1.66. The highest BCUT2D eigenvalue weighted by Crippen LogP contribution is 2.29. The second kappa shape index (κ2) is 5.54. The fourth-order valence-electron chi connectivity index (χ4n) is 1.65. The number of hydrogen-bond acceptors (Lipinski definition) is 2. The minimum atomic E-state index is -0.117. The van der Waals surface area contributed by atoms with Gasteiger partial charge in [0.2, 0.25) is 0 Å². The zero-order chi connectivity index (χ0) is 12.3. The molecule has 1 aromatic heterocycles. The van der Waals surface area contributed by atoms with Crippen LogP contribution in [0.25, 0.3) is 0 Å². The second-order valence-corrected chi connectivity index (χ2v) is 4.49. The van der Waals surface area contributed by atoms with Crippen molar-refractivity contribution in [2.45, 2.75) is 12.6 Å². The molecular weight excluding hydrogens is 259 g/mol. The molecule has 0 N–H and O–H groups in total. The summed E-state index contributed by atoms with van der Waals surface area (Å²) in [4.78, 5) is 3.99. The van der Waals surface area contributed by atoms with Gasteiger partial charge < -0.3 is 9.30 Å². The van der Waals surface area contributed by atoms with E-state index in [-0.39, 0.29) is 6.10 Å². The molecule has 0 spiro atoms. The predicted octanol–water partition coefficient (Wildman–Crippen LogP) is 3.58. The van der Waals surface area contributed by atoms with Gasteiger partial charge in [0.25, 0.3) is 0 Å². The van der Waals surface area contributed by atoms with Gasteiger partial charge in [-0.15, -0.1) is 0 Å². The molecule has 1 atom stereocenters. The smallest absolute Gasteiger partial charge is 0.101 e. The van der Waals surface area contributed by atoms with Crippen LogP contribution < -0.4 is 0 Å². The van der Waals surface area contributed by atoms with Crippen molar-refractivity contribution in [1.29, 1.82) is 0 Å². The van der Waals surface area contributed by atoms with Gasteiger partial charge >= 0.3 is 0 Å². The minimum absolute atomic E-state index is 0.117. The van der Waals surface area contributed by atoms with Crippen LogP contribution in [-0.2, 0) is 11.3 Å². The average molecular weight is 271 g/mol. The van der Waals surface area contributed by atoms with Gasteiger partial charge in [-0.25, -0.2) is 4.98 Å². The summed E-state index contributed by atoms with van der Waals surface area (Å²) in [6.45, 7) is 0.665. The minimum Gasteiger partial charge on any atom is -0.375 e. The summed E-state index contributed by atoms with van der Waals surface area (Å²) >= 11 is 12.0. The van der Waals surface area contributed by atoms with Gasteiger partial charge in [0.15, 0.2) is 0 Å². The van der Waals surface area contributed by atoms with Crippen molar-refractivity contribution in [3.63, 3.8) is 0 Å². The molecule has 0 bridgehead atoms. The maximum atomic E-state index is 6.15. The molecule has 1 heterocycles. The SMILES string of the molecule is COC(Cn1ccnc1)c1ccc(Cl)cc1Cl. The fourth-order valence-corrected chi connectivity index (χ4v) is 2.18. The van der Waals surface area contributed by atoms with E-state index in [9.17, 15) is 0 Å². The van der Waals surface area contributed by atoms with Crippen LogP contribution in [0.5, 0.6) is 0 Å². The Morgan fingerprint density at radius 1 is 1.41 bits per heavy atom. The lowest BCUT2D eigenvalue weighted by Crippen LogP contribution is -2.10. The Morgan fingerprint density at radius 3 is 2.82 bits per heavy atom. The highest BCUT2D eigenvalue weighted by atomic mass is 35.5. The van der Waals surface area contributed by atoms with Crippen molar-refractivity contribution in [2.75, 3.05) is 7.11 Å². The van der Waals surface area contributed by atoms with Crippen molar-refractivity contribution in [3.05, 3.63) is 52.5 Å². The molecule has 0 amide bonds. The van der Waals surface area contributed by atoms with Crippen molar-refractivity contribution >= 4 is 23.2 Å². The molecule has 0 aliphatic carbocycles. The number of benzene rings is 1. The Bertz CT molecular complexity index is 485. The highest BCUT2D eigenvalue weighted by Gasteiger charge is 2.14. The van der Waals surface area contributed by atoms with Crippen molar-refractivity contribution in [1.82, 2.24) is 9.55 Å². The Hall–Kier alpha value is -1.03. The molecule has 1 unspecified atom stereocenters. The molecule has 0 aliphatic rings. The molecular formula is C12H12Cl2N2O. The molecule has 17 heavy (non-hydrogen) atoms. The number of ether oxygens (including phenoxy) is 1. The van der Waals surface area contributed by atoms with Crippen LogP contribution >= 0.6 is 23.2 Å². The summed E-state index contributed by atoms with van der Waals surface area (Å²) in [5.74, 6) is 0. The fraction of sp³-hybridized carbons (Fsp3) is 0.250. The molecule has 1 aromatic carbocycles. The first-order valence-corrected chi connectivity index (χ1v) is 5.90. The van der Waals surface area contributed by atoms with E-state index in [0.717, 1.165) is 5.56 Å². The summed E-state index contributed by atoms with van der Waals surface area (Å²) in [6, 6.07) is 5.41. The number of halogens is 2. The van der Waals surface area contributed by atoms with E-state index >= 15 is 0 Å². The summed E-state index contributed by atoms with van der Waals surface area (Å²) in [6.07, 6.45) is 5.25. The van der Waals surface area contributed by atoms with Crippen LogP contribution in [-0.4, -0.2) is 16.7 Å². The van der Waals surface area contributed by atoms with Gasteiger partial charge in [-0.3, -0.25) is 0 Å². The first kappa shape index (κ1) is 12.4. The van der Waals surface area contributed by atoms with Crippen LogP contribution in [0.1, 0.15) is 11.7 Å². The maximum Gasteiger partial charge on any atom is 0.101 e. The normalized spacial score (nSPS) is 12.6. The largest absolute Gasteiger partial charge is 0.375 e. The Labute approximate surface area is 110 Å². The molecule has 3 nitrogen and oxygen atoms in total. The van der Waals surface area contributed by atoms with Gasteiger partial charge in [-0.2, -0.15) is 0 Å². The Kier molecular flexibility index (Phi) is 4.05. The molecule has 2 aromatic rings. The van der Waals surface area contributed by atoms with E-state index in [1.54, 1.807) is 25.7 Å². The lowest BCUT2D eigenvalue weighted by Gasteiger charge is -2.17. The number of methoxy groups -OCH3 is 1. The standard InChI is InChI=1S/C12H12Cl2N2O/c1-17-12(7-16-5-4-15-8-16)10-3-2-9(13)6-11(10)14/h2-6,8,12H,7H2,1H3. The zero-order valence-corrected chi connectivity index (χ0v) is 10.8. The Balaban J connectivity index is 2.23. The van der Waals surface area contributed by atoms with Gasteiger partial charge in [0.1, 0.15) is 6.10 Å². The number of aromatic nitrogens is 2.